The molecular weight excluding hydrogens is 196 g/mol. The molecule has 5 atom stereocenters. The first kappa shape index (κ1) is 12.9. The highest BCUT2D eigenvalue weighted by Gasteiger charge is 2.43. The summed E-state index contributed by atoms with van der Waals surface area (Å²) < 4.78 is 5.54. The van der Waals surface area contributed by atoms with Crippen molar-refractivity contribution in [3.8, 4) is 0 Å². The van der Waals surface area contributed by atoms with Crippen LogP contribution >= 0.6 is 0 Å². The van der Waals surface area contributed by atoms with E-state index in [1.165, 1.54) is 0 Å². The second-order valence-electron chi connectivity index (χ2n) is 4.29. The smallest absolute Gasteiger partial charge is 0.0995 e. The summed E-state index contributed by atoms with van der Waals surface area (Å²) in [6, 6.07) is -0.308. The average molecular weight is 218 g/mol. The molecule has 0 bridgehead atoms. The highest BCUT2D eigenvalue weighted by molar-refractivity contribution is 4.96. The first-order valence-electron chi connectivity index (χ1n) is 5.41. The molecule has 0 amide bonds. The molecular formula is C10H22N2O3. The Morgan fingerprint density at radius 2 is 1.73 bits per heavy atom. The van der Waals surface area contributed by atoms with Crippen molar-refractivity contribution in [3.63, 3.8) is 0 Å². The summed E-state index contributed by atoms with van der Waals surface area (Å²) in [7, 11) is 3.67. The standard InChI is InChI=1S/C10H22N2O3/c1-4-6-9(13)8(12(2)3)10(14)7(5-11)15-6/h6-10,13-14H,4-5,11H2,1-3H3/t6-,7+,8+,9-,10+/m0/s1. The number of nitrogens with zero attached hydrogens (tertiary/aromatic N) is 1. The van der Waals surface area contributed by atoms with Gasteiger partial charge in [0.05, 0.1) is 30.5 Å². The number of aliphatic hydroxyl groups excluding tert-OH is 2. The van der Waals surface area contributed by atoms with Gasteiger partial charge in [-0.3, -0.25) is 0 Å². The van der Waals surface area contributed by atoms with Crippen LogP contribution in [0.25, 0.3) is 0 Å². The van der Waals surface area contributed by atoms with Gasteiger partial charge in [0.15, 0.2) is 0 Å². The second kappa shape index (κ2) is 5.23. The predicted molar refractivity (Wildman–Crippen MR) is 57.5 cm³/mol. The van der Waals surface area contributed by atoms with Gasteiger partial charge in [-0.05, 0) is 20.5 Å². The molecule has 1 aliphatic heterocycles. The van der Waals surface area contributed by atoms with Gasteiger partial charge >= 0.3 is 0 Å². The summed E-state index contributed by atoms with van der Waals surface area (Å²) >= 11 is 0. The Labute approximate surface area is 90.8 Å². The third kappa shape index (κ3) is 2.49. The van der Waals surface area contributed by atoms with Gasteiger partial charge in [-0.15, -0.1) is 0 Å². The lowest BCUT2D eigenvalue weighted by atomic mass is 9.90. The number of rotatable bonds is 3. The normalized spacial score (nSPS) is 42.2. The van der Waals surface area contributed by atoms with Gasteiger partial charge in [0.1, 0.15) is 0 Å². The van der Waals surface area contributed by atoms with Gasteiger partial charge in [0.2, 0.25) is 0 Å². The van der Waals surface area contributed by atoms with E-state index in [1.54, 1.807) is 0 Å². The van der Waals surface area contributed by atoms with Crippen molar-refractivity contribution in [2.45, 2.75) is 43.8 Å². The van der Waals surface area contributed by atoms with E-state index in [2.05, 4.69) is 0 Å². The van der Waals surface area contributed by atoms with Crippen molar-refractivity contribution in [3.05, 3.63) is 0 Å². The molecule has 1 saturated heterocycles. The van der Waals surface area contributed by atoms with E-state index in [-0.39, 0.29) is 24.8 Å². The van der Waals surface area contributed by atoms with Crippen LogP contribution in [0.1, 0.15) is 13.3 Å². The highest BCUT2D eigenvalue weighted by atomic mass is 16.5. The van der Waals surface area contributed by atoms with Crippen LogP contribution in [0.15, 0.2) is 0 Å². The van der Waals surface area contributed by atoms with Crippen LogP contribution in [0.5, 0.6) is 0 Å². The van der Waals surface area contributed by atoms with E-state index < -0.39 is 12.2 Å². The van der Waals surface area contributed by atoms with Crippen molar-refractivity contribution >= 4 is 0 Å². The molecule has 5 nitrogen and oxygen atoms in total. The van der Waals surface area contributed by atoms with Crippen molar-refractivity contribution in [2.75, 3.05) is 20.6 Å². The van der Waals surface area contributed by atoms with Crippen LogP contribution in [0, 0.1) is 0 Å². The maximum atomic E-state index is 10.0. The Kier molecular flexibility index (Phi) is 4.48. The van der Waals surface area contributed by atoms with E-state index >= 15 is 0 Å². The lowest BCUT2D eigenvalue weighted by molar-refractivity contribution is -0.198. The van der Waals surface area contributed by atoms with Crippen molar-refractivity contribution < 1.29 is 14.9 Å². The molecule has 1 heterocycles. The van der Waals surface area contributed by atoms with E-state index in [9.17, 15) is 10.2 Å². The molecule has 0 unspecified atom stereocenters. The van der Waals surface area contributed by atoms with Gasteiger partial charge < -0.3 is 25.6 Å². The van der Waals surface area contributed by atoms with Crippen LogP contribution in [0.2, 0.25) is 0 Å². The summed E-state index contributed by atoms with van der Waals surface area (Å²) in [4.78, 5) is 1.82. The summed E-state index contributed by atoms with van der Waals surface area (Å²) in [6.45, 7) is 2.22. The molecule has 0 spiro atoms. The summed E-state index contributed by atoms with van der Waals surface area (Å²) in [6.07, 6.45) is -1.31. The maximum absolute atomic E-state index is 10.0. The minimum absolute atomic E-state index is 0.241. The molecule has 5 heteroatoms. The summed E-state index contributed by atoms with van der Waals surface area (Å²) in [5, 5.41) is 20.0. The molecule has 0 aromatic carbocycles. The van der Waals surface area contributed by atoms with Gasteiger partial charge in [-0.25, -0.2) is 0 Å². The molecule has 1 fully saturated rings. The molecule has 1 rings (SSSR count). The fourth-order valence-corrected chi connectivity index (χ4v) is 2.17. The number of nitrogens with two attached hydrogens (primary N) is 1. The minimum atomic E-state index is -0.734. The van der Waals surface area contributed by atoms with Gasteiger partial charge in [-0.1, -0.05) is 6.92 Å². The Hall–Kier alpha value is -0.200. The van der Waals surface area contributed by atoms with Gasteiger partial charge in [0.25, 0.3) is 0 Å². The first-order valence-corrected chi connectivity index (χ1v) is 5.41. The lowest BCUT2D eigenvalue weighted by Crippen LogP contribution is -2.63. The van der Waals surface area contributed by atoms with Crippen LogP contribution < -0.4 is 5.73 Å². The summed E-state index contributed by atoms with van der Waals surface area (Å²) in [5.74, 6) is 0. The fourth-order valence-electron chi connectivity index (χ4n) is 2.17. The van der Waals surface area contributed by atoms with Gasteiger partial charge in [-0.2, -0.15) is 0 Å². The molecule has 1 aliphatic rings. The first-order chi connectivity index (χ1) is 7.02. The molecule has 0 aromatic rings. The topological polar surface area (TPSA) is 79.0 Å². The number of likely N-dealkylation sites (N-methyl/N-ethyl adjacent to an activating group) is 1. The fraction of sp³-hybridized carbons (Fsp3) is 1.00. The third-order valence-corrected chi connectivity index (χ3v) is 3.04. The second-order valence-corrected chi connectivity index (χ2v) is 4.29. The zero-order chi connectivity index (χ0) is 11.6. The highest BCUT2D eigenvalue weighted by Crippen LogP contribution is 2.25. The molecule has 0 aliphatic carbocycles. The predicted octanol–water partition coefficient (Wildman–Crippen LogP) is -1.23. The van der Waals surface area contributed by atoms with Crippen LogP contribution in [-0.4, -0.2) is 66.2 Å². The molecule has 0 saturated carbocycles. The van der Waals surface area contributed by atoms with Crippen molar-refractivity contribution in [1.82, 2.24) is 4.90 Å². The van der Waals surface area contributed by atoms with E-state index in [1.807, 2.05) is 25.9 Å². The minimum Gasteiger partial charge on any atom is -0.389 e. The molecule has 4 N–H and O–H groups in total. The number of hydrogen-bond acceptors (Lipinski definition) is 5. The largest absolute Gasteiger partial charge is 0.389 e. The third-order valence-electron chi connectivity index (χ3n) is 3.04. The van der Waals surface area contributed by atoms with E-state index in [4.69, 9.17) is 10.5 Å². The van der Waals surface area contributed by atoms with Crippen LogP contribution in [-0.2, 0) is 4.74 Å². The Bertz CT molecular complexity index is 185. The number of hydrogen-bond donors (Lipinski definition) is 3. The molecule has 15 heavy (non-hydrogen) atoms. The Morgan fingerprint density at radius 1 is 1.20 bits per heavy atom. The SMILES string of the molecule is CC[C@@H]1O[C@H](CN)[C@@H](O)[C@H](N(C)C)[C@H]1O. The Balaban J connectivity index is 2.81. The molecule has 0 aromatic heterocycles. The monoisotopic (exact) mass is 218 g/mol. The van der Waals surface area contributed by atoms with Gasteiger partial charge in [0, 0.05) is 6.54 Å². The van der Waals surface area contributed by atoms with Crippen molar-refractivity contribution in [1.29, 1.82) is 0 Å². The van der Waals surface area contributed by atoms with E-state index in [0.717, 1.165) is 0 Å². The van der Waals surface area contributed by atoms with E-state index in [0.29, 0.717) is 6.42 Å². The van der Waals surface area contributed by atoms with Crippen LogP contribution in [0.4, 0.5) is 0 Å². The summed E-state index contributed by atoms with van der Waals surface area (Å²) in [5.41, 5.74) is 5.53. The van der Waals surface area contributed by atoms with Crippen LogP contribution in [0.3, 0.4) is 0 Å². The zero-order valence-corrected chi connectivity index (χ0v) is 9.63. The van der Waals surface area contributed by atoms with Crippen molar-refractivity contribution in [2.24, 2.45) is 5.73 Å². The number of ether oxygens (including phenoxy) is 1. The average Bonchev–Trinajstić information content (AvgIpc) is 2.18. The maximum Gasteiger partial charge on any atom is 0.0995 e. The Morgan fingerprint density at radius 3 is 2.13 bits per heavy atom. The molecule has 0 radical (unpaired) electrons. The lowest BCUT2D eigenvalue weighted by Gasteiger charge is -2.45. The molecule has 90 valence electrons. The zero-order valence-electron chi connectivity index (χ0n) is 9.63. The quantitative estimate of drug-likeness (QED) is 0.553. The number of aliphatic hydroxyl groups is 2.